The van der Waals surface area contributed by atoms with Crippen LogP contribution >= 0.6 is 0 Å². The van der Waals surface area contributed by atoms with E-state index >= 15 is 0 Å². The minimum absolute atomic E-state index is 0.0998. The minimum atomic E-state index is -0.492. The molecule has 0 aliphatic carbocycles. The van der Waals surface area contributed by atoms with Crippen LogP contribution in [0.1, 0.15) is 51.4 Å². The van der Waals surface area contributed by atoms with Crippen LogP contribution in [0.5, 0.6) is 0 Å². The molecule has 0 unspecified atom stereocenters. The van der Waals surface area contributed by atoms with E-state index in [0.29, 0.717) is 6.54 Å². The number of pyridine rings is 1. The number of hydrogen-bond donors (Lipinski definition) is 1. The summed E-state index contributed by atoms with van der Waals surface area (Å²) in [4.78, 5) is 18.3. The lowest BCUT2D eigenvalue weighted by atomic mass is 10.0. The Bertz CT molecular complexity index is 506. The van der Waals surface area contributed by atoms with Crippen molar-refractivity contribution in [3.8, 4) is 0 Å². The van der Waals surface area contributed by atoms with Crippen molar-refractivity contribution in [3.05, 3.63) is 23.5 Å². The molecule has 2 rings (SSSR count). The number of aromatic nitrogens is 1. The number of ether oxygens (including phenoxy) is 1. The third-order valence-corrected chi connectivity index (χ3v) is 3.19. The average Bonchev–Trinajstić information content (AvgIpc) is 2.35. The molecule has 1 aromatic rings. The Morgan fingerprint density at radius 2 is 2.20 bits per heavy atom. The molecule has 110 valence electrons. The number of carbonyl (C=O) groups is 1. The summed E-state index contributed by atoms with van der Waals surface area (Å²) in [6.45, 7) is 8.18. The summed E-state index contributed by atoms with van der Waals surface area (Å²) in [5, 5.41) is 0. The number of nitrogens with two attached hydrogens (primary N) is 1. The fourth-order valence-corrected chi connectivity index (χ4v) is 2.26. The third-order valence-electron chi connectivity index (χ3n) is 3.19. The van der Waals surface area contributed by atoms with Crippen molar-refractivity contribution in [1.82, 2.24) is 4.98 Å². The number of nitrogens with zero attached hydrogens (tertiary/aromatic N) is 2. The van der Waals surface area contributed by atoms with Gasteiger partial charge in [-0.25, -0.2) is 4.79 Å². The van der Waals surface area contributed by atoms with Gasteiger partial charge in [0.1, 0.15) is 5.60 Å². The Balaban J connectivity index is 2.27. The quantitative estimate of drug-likeness (QED) is 0.857. The lowest BCUT2D eigenvalue weighted by Gasteiger charge is -2.31. The molecule has 2 N–H and O–H groups in total. The van der Waals surface area contributed by atoms with Crippen LogP contribution in [0.4, 0.5) is 10.5 Å². The average molecular weight is 277 g/mol. The molecule has 1 aromatic heterocycles. The summed E-state index contributed by atoms with van der Waals surface area (Å²) in [5.74, 6) is 0. The lowest BCUT2D eigenvalue weighted by molar-refractivity contribution is 0.0577. The maximum absolute atomic E-state index is 12.2. The summed E-state index contributed by atoms with van der Waals surface area (Å²) in [7, 11) is 0. The Morgan fingerprint density at radius 3 is 2.80 bits per heavy atom. The molecular formula is C15H23N3O2. The van der Waals surface area contributed by atoms with Gasteiger partial charge in [-0.2, -0.15) is 0 Å². The van der Waals surface area contributed by atoms with E-state index in [2.05, 4.69) is 4.98 Å². The molecule has 1 amide bonds. The molecule has 0 aromatic carbocycles. The Labute approximate surface area is 120 Å². The molecule has 0 saturated carbocycles. The first-order valence-electron chi connectivity index (χ1n) is 7.03. The number of rotatable bonds is 1. The molecule has 1 aliphatic heterocycles. The van der Waals surface area contributed by atoms with Crippen molar-refractivity contribution in [2.75, 3.05) is 11.4 Å². The molecule has 2 heterocycles. The van der Waals surface area contributed by atoms with Gasteiger partial charge in [-0.3, -0.25) is 9.88 Å². The summed E-state index contributed by atoms with van der Waals surface area (Å²) >= 11 is 0. The van der Waals surface area contributed by atoms with Crippen molar-refractivity contribution in [2.45, 2.75) is 52.2 Å². The molecular weight excluding hydrogens is 254 g/mol. The second kappa shape index (κ2) is 5.40. The molecule has 0 spiro atoms. The topological polar surface area (TPSA) is 68.5 Å². The molecule has 20 heavy (non-hydrogen) atoms. The standard InChI is InChI=1S/C15H23N3O2/c1-10(16)12-8-11-6-5-7-18(13(11)9-17-12)14(19)20-15(2,3)4/h8-10H,5-7,16H2,1-4H3/t10-/m1/s1. The molecule has 0 bridgehead atoms. The number of aryl methyl sites for hydroxylation is 1. The summed E-state index contributed by atoms with van der Waals surface area (Å²) in [6.07, 6.45) is 3.29. The van der Waals surface area contributed by atoms with Gasteiger partial charge in [0.05, 0.1) is 17.6 Å². The van der Waals surface area contributed by atoms with E-state index in [1.807, 2.05) is 33.8 Å². The van der Waals surface area contributed by atoms with E-state index < -0.39 is 5.60 Å². The fourth-order valence-electron chi connectivity index (χ4n) is 2.26. The van der Waals surface area contributed by atoms with E-state index in [4.69, 9.17) is 10.5 Å². The second-order valence-corrected chi connectivity index (χ2v) is 6.26. The predicted octanol–water partition coefficient (Wildman–Crippen LogP) is 2.79. The molecule has 5 heteroatoms. The highest BCUT2D eigenvalue weighted by molar-refractivity contribution is 5.89. The fraction of sp³-hybridized carbons (Fsp3) is 0.600. The monoisotopic (exact) mass is 277 g/mol. The zero-order chi connectivity index (χ0) is 14.9. The van der Waals surface area contributed by atoms with Crippen LogP contribution in [0.3, 0.4) is 0 Å². The van der Waals surface area contributed by atoms with Crippen LogP contribution in [-0.2, 0) is 11.2 Å². The van der Waals surface area contributed by atoms with E-state index in [9.17, 15) is 4.79 Å². The van der Waals surface area contributed by atoms with E-state index in [1.165, 1.54) is 0 Å². The molecule has 0 fully saturated rings. The van der Waals surface area contributed by atoms with E-state index in [1.54, 1.807) is 11.1 Å². The molecule has 0 saturated heterocycles. The highest BCUT2D eigenvalue weighted by Gasteiger charge is 2.27. The Morgan fingerprint density at radius 1 is 1.50 bits per heavy atom. The Kier molecular flexibility index (Phi) is 3.99. The summed E-state index contributed by atoms with van der Waals surface area (Å²) in [5.41, 5.74) is 8.18. The van der Waals surface area contributed by atoms with Crippen LogP contribution in [0, 0.1) is 0 Å². The van der Waals surface area contributed by atoms with Crippen LogP contribution in [0.25, 0.3) is 0 Å². The summed E-state index contributed by atoms with van der Waals surface area (Å²) in [6, 6.07) is 1.90. The van der Waals surface area contributed by atoms with Gasteiger partial charge in [-0.15, -0.1) is 0 Å². The maximum Gasteiger partial charge on any atom is 0.414 e. The normalized spacial score (nSPS) is 16.6. The van der Waals surface area contributed by atoms with Crippen molar-refractivity contribution in [3.63, 3.8) is 0 Å². The Hall–Kier alpha value is -1.62. The van der Waals surface area contributed by atoms with Gasteiger partial charge in [0.15, 0.2) is 0 Å². The van der Waals surface area contributed by atoms with Crippen LogP contribution in [0.2, 0.25) is 0 Å². The smallest absolute Gasteiger partial charge is 0.414 e. The van der Waals surface area contributed by atoms with Crippen LogP contribution < -0.4 is 10.6 Å². The zero-order valence-corrected chi connectivity index (χ0v) is 12.6. The van der Waals surface area contributed by atoms with Crippen LogP contribution in [-0.4, -0.2) is 23.2 Å². The number of hydrogen-bond acceptors (Lipinski definition) is 4. The van der Waals surface area contributed by atoms with Crippen molar-refractivity contribution in [1.29, 1.82) is 0 Å². The third kappa shape index (κ3) is 3.28. The van der Waals surface area contributed by atoms with E-state index in [0.717, 1.165) is 29.8 Å². The van der Waals surface area contributed by atoms with Crippen molar-refractivity contribution in [2.24, 2.45) is 5.73 Å². The first kappa shape index (κ1) is 14.8. The first-order valence-corrected chi connectivity index (χ1v) is 7.03. The molecule has 0 radical (unpaired) electrons. The van der Waals surface area contributed by atoms with Gasteiger partial charge in [0, 0.05) is 12.6 Å². The van der Waals surface area contributed by atoms with Gasteiger partial charge < -0.3 is 10.5 Å². The second-order valence-electron chi connectivity index (χ2n) is 6.26. The molecule has 5 nitrogen and oxygen atoms in total. The lowest BCUT2D eigenvalue weighted by Crippen LogP contribution is -2.40. The molecule has 1 aliphatic rings. The van der Waals surface area contributed by atoms with Crippen molar-refractivity contribution >= 4 is 11.8 Å². The molecule has 1 atom stereocenters. The van der Waals surface area contributed by atoms with Gasteiger partial charge in [-0.05, 0) is 52.2 Å². The number of fused-ring (bicyclic) bond motifs is 1. The van der Waals surface area contributed by atoms with E-state index in [-0.39, 0.29) is 12.1 Å². The van der Waals surface area contributed by atoms with Crippen molar-refractivity contribution < 1.29 is 9.53 Å². The zero-order valence-electron chi connectivity index (χ0n) is 12.6. The number of amides is 1. The minimum Gasteiger partial charge on any atom is -0.443 e. The highest BCUT2D eigenvalue weighted by atomic mass is 16.6. The first-order chi connectivity index (χ1) is 9.28. The van der Waals surface area contributed by atoms with Gasteiger partial charge in [-0.1, -0.05) is 0 Å². The SMILES string of the molecule is C[C@@H](N)c1cc2c(cn1)N(C(=O)OC(C)(C)C)CCC2. The number of carbonyl (C=O) groups excluding carboxylic acids is 1. The predicted molar refractivity (Wildman–Crippen MR) is 78.7 cm³/mol. The summed E-state index contributed by atoms with van der Waals surface area (Å²) < 4.78 is 5.45. The number of anilines is 1. The van der Waals surface area contributed by atoms with Gasteiger partial charge in [0.25, 0.3) is 0 Å². The largest absolute Gasteiger partial charge is 0.443 e. The van der Waals surface area contributed by atoms with Gasteiger partial charge in [0.2, 0.25) is 0 Å². The maximum atomic E-state index is 12.2. The van der Waals surface area contributed by atoms with Crippen LogP contribution in [0.15, 0.2) is 12.3 Å². The van der Waals surface area contributed by atoms with Gasteiger partial charge >= 0.3 is 6.09 Å². The highest BCUT2D eigenvalue weighted by Crippen LogP contribution is 2.29.